The van der Waals surface area contributed by atoms with Crippen molar-refractivity contribution in [1.29, 1.82) is 0 Å². The van der Waals surface area contributed by atoms with E-state index >= 15 is 0 Å². The number of piperidine rings is 1. The van der Waals surface area contributed by atoms with E-state index < -0.39 is 23.7 Å². The zero-order valence-electron chi connectivity index (χ0n) is 16.7. The molecule has 3 fully saturated rings. The summed E-state index contributed by atoms with van der Waals surface area (Å²) in [4.78, 5) is 27.3. The van der Waals surface area contributed by atoms with Crippen LogP contribution in [0.15, 0.2) is 11.8 Å². The average molecular weight is 391 g/mol. The third-order valence-electron chi connectivity index (χ3n) is 7.56. The number of esters is 2. The number of rotatable bonds is 1. The molecule has 5 rings (SSSR count). The average Bonchev–Trinajstić information content (AvgIpc) is 3.05. The number of aliphatic hydroxyl groups is 1. The van der Waals surface area contributed by atoms with Crippen LogP contribution in [0.3, 0.4) is 0 Å². The van der Waals surface area contributed by atoms with Crippen molar-refractivity contribution in [2.45, 2.75) is 70.0 Å². The predicted molar refractivity (Wildman–Crippen MR) is 97.9 cm³/mol. The lowest BCUT2D eigenvalue weighted by Gasteiger charge is -2.40. The van der Waals surface area contributed by atoms with Crippen LogP contribution in [0.2, 0.25) is 0 Å². The Morgan fingerprint density at radius 1 is 1.18 bits per heavy atom. The summed E-state index contributed by atoms with van der Waals surface area (Å²) < 4.78 is 17.2. The lowest BCUT2D eigenvalue weighted by molar-refractivity contribution is -0.145. The first-order chi connectivity index (χ1) is 13.3. The van der Waals surface area contributed by atoms with E-state index in [0.717, 1.165) is 25.9 Å². The molecule has 0 spiro atoms. The van der Waals surface area contributed by atoms with Crippen LogP contribution in [0.25, 0.3) is 0 Å². The van der Waals surface area contributed by atoms with Gasteiger partial charge in [-0.25, -0.2) is 0 Å². The maximum absolute atomic E-state index is 12.8. The van der Waals surface area contributed by atoms with E-state index in [1.807, 2.05) is 19.9 Å². The molecule has 0 aromatic rings. The quantitative estimate of drug-likeness (QED) is 0.531. The molecule has 8 atom stereocenters. The molecule has 7 nitrogen and oxygen atoms in total. The Hall–Kier alpha value is -1.44. The Balaban J connectivity index is 1.53. The number of ether oxygens (including phenoxy) is 3. The number of nitrogens with zero attached hydrogens (tertiary/aromatic N) is 1. The summed E-state index contributed by atoms with van der Waals surface area (Å²) in [6.07, 6.45) is 2.89. The van der Waals surface area contributed by atoms with Crippen LogP contribution in [-0.2, 0) is 23.8 Å². The van der Waals surface area contributed by atoms with Gasteiger partial charge in [-0.1, -0.05) is 13.8 Å². The minimum atomic E-state index is -0.794. The molecule has 0 radical (unpaired) electrons. The third kappa shape index (κ3) is 2.74. The summed E-state index contributed by atoms with van der Waals surface area (Å²) >= 11 is 0. The Bertz CT molecular complexity index is 728. The lowest BCUT2D eigenvalue weighted by Crippen LogP contribution is -2.54. The molecule has 4 aliphatic heterocycles. The molecule has 1 aliphatic carbocycles. The second-order valence-electron chi connectivity index (χ2n) is 9.56. The van der Waals surface area contributed by atoms with Gasteiger partial charge in [0.25, 0.3) is 0 Å². The molecule has 3 saturated heterocycles. The van der Waals surface area contributed by atoms with E-state index in [4.69, 9.17) is 14.2 Å². The van der Waals surface area contributed by atoms with Crippen molar-refractivity contribution in [3.8, 4) is 0 Å². The van der Waals surface area contributed by atoms with Gasteiger partial charge in [0.2, 0.25) is 0 Å². The van der Waals surface area contributed by atoms with Gasteiger partial charge in [0.1, 0.15) is 18.0 Å². The lowest BCUT2D eigenvalue weighted by atomic mass is 9.80. The molecule has 7 heteroatoms. The van der Waals surface area contributed by atoms with Gasteiger partial charge in [0, 0.05) is 6.42 Å². The minimum absolute atomic E-state index is 0.266. The molecule has 8 unspecified atom stereocenters. The number of likely N-dealkylation sites (tertiary alicyclic amines) is 1. The Kier molecular flexibility index (Phi) is 4.17. The fourth-order valence-electron chi connectivity index (χ4n) is 5.69. The van der Waals surface area contributed by atoms with Crippen LogP contribution in [0.5, 0.6) is 0 Å². The molecule has 28 heavy (non-hydrogen) atoms. The summed E-state index contributed by atoms with van der Waals surface area (Å²) in [5.74, 6) is -0.607. The molecule has 0 saturated carbocycles. The molecule has 5 aliphatic rings. The van der Waals surface area contributed by atoms with Gasteiger partial charge < -0.3 is 19.3 Å². The SMILES string of the molecule is CC1CCN(C2C3C=C(OC3=O)C3C(CC4(C)OC4C2O)OC(=O)C3C)CC1. The highest BCUT2D eigenvalue weighted by atomic mass is 16.6. The van der Waals surface area contributed by atoms with Crippen molar-refractivity contribution in [2.75, 3.05) is 13.1 Å². The Morgan fingerprint density at radius 2 is 1.89 bits per heavy atom. The van der Waals surface area contributed by atoms with Gasteiger partial charge >= 0.3 is 11.9 Å². The van der Waals surface area contributed by atoms with Crippen molar-refractivity contribution in [3.63, 3.8) is 0 Å². The largest absolute Gasteiger partial charge is 0.461 e. The molecule has 1 N–H and O–H groups in total. The number of carbonyl (C=O) groups is 2. The molecular weight excluding hydrogens is 362 g/mol. The van der Waals surface area contributed by atoms with Crippen LogP contribution in [0.4, 0.5) is 0 Å². The molecule has 0 aromatic carbocycles. The maximum Gasteiger partial charge on any atom is 0.319 e. The number of epoxide rings is 1. The summed E-state index contributed by atoms with van der Waals surface area (Å²) in [7, 11) is 0. The highest BCUT2D eigenvalue weighted by molar-refractivity contribution is 5.81. The molecular formula is C21H29NO6. The van der Waals surface area contributed by atoms with Crippen LogP contribution in [-0.4, -0.2) is 65.0 Å². The molecule has 0 aromatic heterocycles. The summed E-state index contributed by atoms with van der Waals surface area (Å²) in [6, 6.07) is -0.366. The number of hydrogen-bond donors (Lipinski definition) is 1. The zero-order chi connectivity index (χ0) is 19.8. The molecule has 154 valence electrons. The normalized spacial score (nSPS) is 49.0. The van der Waals surface area contributed by atoms with Gasteiger partial charge in [0.05, 0.1) is 35.5 Å². The van der Waals surface area contributed by atoms with Gasteiger partial charge in [-0.05, 0) is 44.8 Å². The van der Waals surface area contributed by atoms with E-state index in [1.165, 1.54) is 0 Å². The van der Waals surface area contributed by atoms with Gasteiger partial charge in [-0.2, -0.15) is 0 Å². The fraction of sp³-hybridized carbons (Fsp3) is 0.810. The van der Waals surface area contributed by atoms with E-state index in [-0.39, 0.29) is 35.9 Å². The number of aliphatic hydroxyl groups excluding tert-OH is 1. The minimum Gasteiger partial charge on any atom is -0.461 e. The molecule has 0 amide bonds. The number of hydrogen-bond acceptors (Lipinski definition) is 7. The monoisotopic (exact) mass is 391 g/mol. The van der Waals surface area contributed by atoms with Gasteiger partial charge in [-0.3, -0.25) is 14.5 Å². The standard InChI is InChI=1S/C21H29NO6/c1-10-4-6-22(7-5-10)16-12-8-13(26-20(12)25)15-11(2)19(24)27-14(15)9-21(3)18(28-21)17(16)23/h8,10-12,14-18,23H,4-7,9H2,1-3H3. The van der Waals surface area contributed by atoms with E-state index in [1.54, 1.807) is 0 Å². The van der Waals surface area contributed by atoms with Crippen molar-refractivity contribution in [3.05, 3.63) is 11.8 Å². The van der Waals surface area contributed by atoms with Crippen molar-refractivity contribution in [1.82, 2.24) is 4.90 Å². The zero-order valence-corrected chi connectivity index (χ0v) is 16.7. The Morgan fingerprint density at radius 3 is 2.61 bits per heavy atom. The fourth-order valence-corrected chi connectivity index (χ4v) is 5.69. The van der Waals surface area contributed by atoms with Crippen molar-refractivity contribution < 1.29 is 28.9 Å². The van der Waals surface area contributed by atoms with Crippen molar-refractivity contribution in [2.24, 2.45) is 23.7 Å². The van der Waals surface area contributed by atoms with Crippen LogP contribution in [0.1, 0.15) is 40.0 Å². The third-order valence-corrected chi connectivity index (χ3v) is 7.56. The number of fused-ring (bicyclic) bond motifs is 4. The summed E-state index contributed by atoms with van der Waals surface area (Å²) in [5.41, 5.74) is -0.547. The summed E-state index contributed by atoms with van der Waals surface area (Å²) in [6.45, 7) is 7.73. The van der Waals surface area contributed by atoms with Gasteiger partial charge in [-0.15, -0.1) is 0 Å². The van der Waals surface area contributed by atoms with Crippen LogP contribution < -0.4 is 0 Å². The highest BCUT2D eigenvalue weighted by Gasteiger charge is 2.64. The maximum atomic E-state index is 12.8. The van der Waals surface area contributed by atoms with E-state index in [0.29, 0.717) is 18.1 Å². The van der Waals surface area contributed by atoms with Crippen LogP contribution in [0, 0.1) is 23.7 Å². The first kappa shape index (κ1) is 18.6. The van der Waals surface area contributed by atoms with E-state index in [9.17, 15) is 14.7 Å². The first-order valence-electron chi connectivity index (χ1n) is 10.5. The highest BCUT2D eigenvalue weighted by Crippen LogP contribution is 2.51. The molecule has 4 heterocycles. The van der Waals surface area contributed by atoms with Gasteiger partial charge in [0.15, 0.2) is 0 Å². The topological polar surface area (TPSA) is 88.6 Å². The van der Waals surface area contributed by atoms with Crippen LogP contribution >= 0.6 is 0 Å². The summed E-state index contributed by atoms with van der Waals surface area (Å²) in [5, 5.41) is 11.3. The van der Waals surface area contributed by atoms with Crippen molar-refractivity contribution >= 4 is 11.9 Å². The molecule has 2 bridgehead atoms. The second kappa shape index (κ2) is 6.28. The number of carbonyl (C=O) groups excluding carboxylic acids is 2. The Labute approximate surface area is 165 Å². The smallest absolute Gasteiger partial charge is 0.319 e. The second-order valence-corrected chi connectivity index (χ2v) is 9.56. The predicted octanol–water partition coefficient (Wildman–Crippen LogP) is 1.24. The first-order valence-corrected chi connectivity index (χ1v) is 10.5. The van der Waals surface area contributed by atoms with E-state index in [2.05, 4.69) is 11.8 Å².